The zero-order chi connectivity index (χ0) is 15.9. The van der Waals surface area contributed by atoms with Crippen molar-refractivity contribution >= 4 is 11.8 Å². The molecule has 0 fully saturated rings. The van der Waals surface area contributed by atoms with Crippen LogP contribution in [-0.2, 0) is 4.79 Å². The molecule has 2 rings (SSSR count). The van der Waals surface area contributed by atoms with Crippen molar-refractivity contribution in [2.24, 2.45) is 0 Å². The summed E-state index contributed by atoms with van der Waals surface area (Å²) < 4.78 is 18.2. The number of benzene rings is 2. The molecule has 0 saturated heterocycles. The molecular formula is C15H13FN2O4. The molecule has 0 atom stereocenters. The van der Waals surface area contributed by atoms with Crippen molar-refractivity contribution in [1.82, 2.24) is 10.9 Å². The van der Waals surface area contributed by atoms with Crippen molar-refractivity contribution in [1.29, 1.82) is 0 Å². The molecule has 0 aliphatic rings. The Morgan fingerprint density at radius 2 is 1.73 bits per heavy atom. The molecular weight excluding hydrogens is 291 g/mol. The van der Waals surface area contributed by atoms with E-state index in [4.69, 9.17) is 4.74 Å². The Balaban J connectivity index is 1.82. The Morgan fingerprint density at radius 3 is 2.45 bits per heavy atom. The first-order chi connectivity index (χ1) is 10.6. The third kappa shape index (κ3) is 3.95. The van der Waals surface area contributed by atoms with Gasteiger partial charge in [-0.3, -0.25) is 20.4 Å². The number of rotatable bonds is 4. The van der Waals surface area contributed by atoms with Crippen LogP contribution in [-0.4, -0.2) is 23.5 Å². The van der Waals surface area contributed by atoms with Gasteiger partial charge in [-0.05, 0) is 24.3 Å². The lowest BCUT2D eigenvalue weighted by atomic mass is 10.2. The van der Waals surface area contributed by atoms with E-state index in [1.807, 2.05) is 0 Å². The molecule has 3 N–H and O–H groups in total. The number of aromatic hydroxyl groups is 1. The Hall–Kier alpha value is -3.09. The van der Waals surface area contributed by atoms with Crippen LogP contribution in [0.15, 0.2) is 48.5 Å². The number of phenols is 1. The molecule has 0 aromatic heterocycles. The van der Waals surface area contributed by atoms with Crippen molar-refractivity contribution < 1.29 is 23.8 Å². The summed E-state index contributed by atoms with van der Waals surface area (Å²) in [6.07, 6.45) is 0. The third-order valence-corrected chi connectivity index (χ3v) is 2.66. The van der Waals surface area contributed by atoms with Gasteiger partial charge in [0.2, 0.25) is 0 Å². The summed E-state index contributed by atoms with van der Waals surface area (Å²) in [6.45, 7) is -0.470. The molecule has 22 heavy (non-hydrogen) atoms. The van der Waals surface area contributed by atoms with Gasteiger partial charge in [-0.1, -0.05) is 24.3 Å². The lowest BCUT2D eigenvalue weighted by Gasteiger charge is -2.09. The number of ether oxygens (including phenoxy) is 1. The molecule has 2 aromatic rings. The predicted molar refractivity (Wildman–Crippen MR) is 75.6 cm³/mol. The maximum Gasteiger partial charge on any atom is 0.276 e. The van der Waals surface area contributed by atoms with E-state index >= 15 is 0 Å². The number of hydrogen-bond donors (Lipinski definition) is 3. The van der Waals surface area contributed by atoms with E-state index in [0.29, 0.717) is 0 Å². The van der Waals surface area contributed by atoms with Gasteiger partial charge in [-0.2, -0.15) is 0 Å². The summed E-state index contributed by atoms with van der Waals surface area (Å²) in [5, 5.41) is 9.49. The second kappa shape index (κ2) is 7.07. The van der Waals surface area contributed by atoms with Crippen molar-refractivity contribution in [3.8, 4) is 11.5 Å². The topological polar surface area (TPSA) is 87.7 Å². The number of nitrogens with one attached hydrogen (secondary N) is 2. The number of hydrazine groups is 1. The molecule has 0 bridgehead atoms. The lowest BCUT2D eigenvalue weighted by molar-refractivity contribution is -0.123. The smallest absolute Gasteiger partial charge is 0.276 e. The highest BCUT2D eigenvalue weighted by Crippen LogP contribution is 2.15. The molecule has 0 saturated carbocycles. The molecule has 2 amide bonds. The van der Waals surface area contributed by atoms with Gasteiger partial charge in [-0.15, -0.1) is 0 Å². The van der Waals surface area contributed by atoms with Gasteiger partial charge in [0.1, 0.15) is 5.75 Å². The van der Waals surface area contributed by atoms with Crippen LogP contribution in [0.5, 0.6) is 11.5 Å². The molecule has 0 heterocycles. The summed E-state index contributed by atoms with van der Waals surface area (Å²) >= 11 is 0. The van der Waals surface area contributed by atoms with E-state index in [9.17, 15) is 19.1 Å². The predicted octanol–water partition coefficient (Wildman–Crippen LogP) is 1.37. The van der Waals surface area contributed by atoms with E-state index in [1.165, 1.54) is 30.3 Å². The fourth-order valence-electron chi connectivity index (χ4n) is 1.60. The van der Waals surface area contributed by atoms with Crippen molar-refractivity contribution in [2.75, 3.05) is 6.61 Å². The molecule has 6 nitrogen and oxygen atoms in total. The fraction of sp³-hybridized carbons (Fsp3) is 0.0667. The van der Waals surface area contributed by atoms with Gasteiger partial charge in [0.15, 0.2) is 18.2 Å². The van der Waals surface area contributed by atoms with Crippen LogP contribution in [0.2, 0.25) is 0 Å². The monoisotopic (exact) mass is 304 g/mol. The minimum atomic E-state index is -0.683. The first-order valence-electron chi connectivity index (χ1n) is 6.32. The van der Waals surface area contributed by atoms with E-state index in [-0.39, 0.29) is 17.1 Å². The van der Waals surface area contributed by atoms with Crippen LogP contribution >= 0.6 is 0 Å². The Labute approximate surface area is 125 Å². The SMILES string of the molecule is O=C(COc1ccccc1F)NNC(=O)c1ccccc1O. The summed E-state index contributed by atoms with van der Waals surface area (Å²) in [5.41, 5.74) is 4.23. The first kappa shape index (κ1) is 15.3. The van der Waals surface area contributed by atoms with E-state index < -0.39 is 24.2 Å². The van der Waals surface area contributed by atoms with Crippen LogP contribution in [0, 0.1) is 5.82 Å². The van der Waals surface area contributed by atoms with Crippen LogP contribution in [0.4, 0.5) is 4.39 Å². The largest absolute Gasteiger partial charge is 0.507 e. The second-order valence-electron chi connectivity index (χ2n) is 4.24. The number of carbonyl (C=O) groups excluding carboxylic acids is 2. The number of para-hydroxylation sites is 2. The summed E-state index contributed by atoms with van der Waals surface area (Å²) in [5.74, 6) is -2.22. The van der Waals surface area contributed by atoms with Crippen molar-refractivity contribution in [3.05, 3.63) is 59.9 Å². The molecule has 0 unspecified atom stereocenters. The molecule has 0 spiro atoms. The number of amides is 2. The van der Waals surface area contributed by atoms with Crippen LogP contribution in [0.25, 0.3) is 0 Å². The number of halogens is 1. The molecule has 114 valence electrons. The van der Waals surface area contributed by atoms with Gasteiger partial charge in [0.05, 0.1) is 5.56 Å². The highest BCUT2D eigenvalue weighted by atomic mass is 19.1. The Kier molecular flexibility index (Phi) is 4.92. The summed E-state index contributed by atoms with van der Waals surface area (Å²) in [7, 11) is 0. The maximum atomic E-state index is 13.3. The number of hydrogen-bond acceptors (Lipinski definition) is 4. The molecule has 2 aromatic carbocycles. The third-order valence-electron chi connectivity index (χ3n) is 2.66. The minimum Gasteiger partial charge on any atom is -0.507 e. The fourth-order valence-corrected chi connectivity index (χ4v) is 1.60. The van der Waals surface area contributed by atoms with E-state index in [1.54, 1.807) is 18.2 Å². The number of phenolic OH excluding ortho intramolecular Hbond substituents is 1. The molecule has 7 heteroatoms. The van der Waals surface area contributed by atoms with Crippen LogP contribution in [0.3, 0.4) is 0 Å². The highest BCUT2D eigenvalue weighted by molar-refractivity contribution is 5.97. The van der Waals surface area contributed by atoms with E-state index in [2.05, 4.69) is 10.9 Å². The zero-order valence-electron chi connectivity index (χ0n) is 11.4. The van der Waals surface area contributed by atoms with Crippen LogP contribution < -0.4 is 15.6 Å². The van der Waals surface area contributed by atoms with Crippen molar-refractivity contribution in [3.63, 3.8) is 0 Å². The van der Waals surface area contributed by atoms with E-state index in [0.717, 1.165) is 0 Å². The summed E-state index contributed by atoms with van der Waals surface area (Å²) in [6, 6.07) is 11.5. The lowest BCUT2D eigenvalue weighted by Crippen LogP contribution is -2.43. The van der Waals surface area contributed by atoms with Gasteiger partial charge < -0.3 is 9.84 Å². The zero-order valence-corrected chi connectivity index (χ0v) is 11.4. The first-order valence-corrected chi connectivity index (χ1v) is 6.32. The molecule has 0 aliphatic heterocycles. The molecule has 0 aliphatic carbocycles. The molecule has 0 radical (unpaired) electrons. The quantitative estimate of drug-likeness (QED) is 0.745. The van der Waals surface area contributed by atoms with Gasteiger partial charge in [-0.25, -0.2) is 4.39 Å². The minimum absolute atomic E-state index is 0.0119. The van der Waals surface area contributed by atoms with Gasteiger partial charge in [0.25, 0.3) is 11.8 Å². The second-order valence-corrected chi connectivity index (χ2v) is 4.24. The highest BCUT2D eigenvalue weighted by Gasteiger charge is 2.11. The Bertz CT molecular complexity index is 691. The maximum absolute atomic E-state index is 13.3. The normalized spacial score (nSPS) is 9.86. The summed E-state index contributed by atoms with van der Waals surface area (Å²) in [4.78, 5) is 23.2. The van der Waals surface area contributed by atoms with Gasteiger partial charge in [0, 0.05) is 0 Å². The van der Waals surface area contributed by atoms with Crippen LogP contribution in [0.1, 0.15) is 10.4 Å². The Morgan fingerprint density at radius 1 is 1.05 bits per heavy atom. The average molecular weight is 304 g/mol. The average Bonchev–Trinajstić information content (AvgIpc) is 2.52. The standard InChI is InChI=1S/C15H13FN2O4/c16-11-6-2-4-8-13(11)22-9-14(20)17-18-15(21)10-5-1-3-7-12(10)19/h1-8,19H,9H2,(H,17,20)(H,18,21). The number of carbonyl (C=O) groups is 2. The van der Waals surface area contributed by atoms with Crippen molar-refractivity contribution in [2.45, 2.75) is 0 Å². The van der Waals surface area contributed by atoms with Gasteiger partial charge >= 0.3 is 0 Å².